The van der Waals surface area contributed by atoms with Crippen molar-refractivity contribution in [3.05, 3.63) is 48.2 Å². The fraction of sp³-hybridized carbons (Fsp3) is 0.478. The largest absolute Gasteiger partial charge is 0.494 e. The van der Waals surface area contributed by atoms with Crippen LogP contribution in [0.2, 0.25) is 0 Å². The summed E-state index contributed by atoms with van der Waals surface area (Å²) in [5, 5.41) is 3.84. The molecule has 0 radical (unpaired) electrons. The summed E-state index contributed by atoms with van der Waals surface area (Å²) in [6.45, 7) is 4.48. The third-order valence-corrected chi connectivity index (χ3v) is 7.21. The van der Waals surface area contributed by atoms with Crippen LogP contribution in [0.4, 0.5) is 11.5 Å². The molecule has 0 bridgehead atoms. The Kier molecular flexibility index (Phi) is 8.90. The molecule has 1 aliphatic heterocycles. The average molecular weight is 476 g/mol. The number of oxime groups is 1. The Morgan fingerprint density at radius 1 is 1.12 bits per heavy atom. The van der Waals surface area contributed by atoms with E-state index in [1.54, 1.807) is 28.8 Å². The molecule has 10 heteroatoms. The van der Waals surface area contributed by atoms with Crippen LogP contribution in [-0.2, 0) is 15.0 Å². The first-order chi connectivity index (χ1) is 15.9. The number of benzene rings is 1. The number of hydrogen-bond donors (Lipinski definition) is 0. The number of ether oxygens (including phenoxy) is 1. The molecule has 0 spiro atoms. The average Bonchev–Trinajstić information content (AvgIpc) is 3.11. The highest BCUT2D eigenvalue weighted by atomic mass is 32.2. The van der Waals surface area contributed by atoms with Gasteiger partial charge in [0.2, 0.25) is 0 Å². The van der Waals surface area contributed by atoms with Crippen molar-refractivity contribution in [2.75, 3.05) is 56.1 Å². The minimum absolute atomic E-state index is 0.452. The second-order valence-electron chi connectivity index (χ2n) is 7.88. The third kappa shape index (κ3) is 6.82. The van der Waals surface area contributed by atoms with Gasteiger partial charge in [-0.1, -0.05) is 5.16 Å². The van der Waals surface area contributed by atoms with Crippen LogP contribution in [0.25, 0.3) is 0 Å². The lowest BCUT2D eigenvalue weighted by Crippen LogP contribution is -2.33. The molecule has 1 aromatic heterocycles. The van der Waals surface area contributed by atoms with Gasteiger partial charge in [-0.25, -0.2) is 4.98 Å². The molecule has 33 heavy (non-hydrogen) atoms. The zero-order valence-corrected chi connectivity index (χ0v) is 20.4. The molecule has 2 heterocycles. The molecule has 1 aliphatic rings. The SMILES string of the molecule is CCO/N=C/c1ccc(OCCCCCN2CCN(c3ccnc(N(C)C)c3)S2(=O)=O)cc1. The van der Waals surface area contributed by atoms with Gasteiger partial charge in [0, 0.05) is 46.0 Å². The van der Waals surface area contributed by atoms with Gasteiger partial charge in [-0.2, -0.15) is 12.7 Å². The van der Waals surface area contributed by atoms with Crippen LogP contribution in [0, 0.1) is 0 Å². The lowest BCUT2D eigenvalue weighted by Gasteiger charge is -2.21. The Morgan fingerprint density at radius 2 is 1.91 bits per heavy atom. The Hall–Kier alpha value is -2.85. The zero-order chi connectivity index (χ0) is 23.7. The number of pyridine rings is 1. The summed E-state index contributed by atoms with van der Waals surface area (Å²) in [5.41, 5.74) is 1.60. The van der Waals surface area contributed by atoms with Gasteiger partial charge in [-0.15, -0.1) is 0 Å². The van der Waals surface area contributed by atoms with Gasteiger partial charge < -0.3 is 14.5 Å². The quantitative estimate of drug-likeness (QED) is 0.266. The maximum absolute atomic E-state index is 13.0. The third-order valence-electron chi connectivity index (χ3n) is 5.24. The molecule has 0 amide bonds. The second kappa shape index (κ2) is 11.9. The highest BCUT2D eigenvalue weighted by Crippen LogP contribution is 2.27. The van der Waals surface area contributed by atoms with Crippen molar-refractivity contribution in [3.8, 4) is 5.75 Å². The van der Waals surface area contributed by atoms with Gasteiger partial charge in [0.05, 0.1) is 18.5 Å². The second-order valence-corrected chi connectivity index (χ2v) is 9.73. The van der Waals surface area contributed by atoms with E-state index in [4.69, 9.17) is 9.57 Å². The predicted molar refractivity (Wildman–Crippen MR) is 131 cm³/mol. The van der Waals surface area contributed by atoms with Crippen molar-refractivity contribution < 1.29 is 18.0 Å². The Balaban J connectivity index is 1.39. The van der Waals surface area contributed by atoms with Crippen LogP contribution in [0.15, 0.2) is 47.8 Å². The van der Waals surface area contributed by atoms with Crippen LogP contribution in [-0.4, -0.2) is 70.9 Å². The molecule has 0 atom stereocenters. The van der Waals surface area contributed by atoms with Crippen molar-refractivity contribution in [1.82, 2.24) is 9.29 Å². The van der Waals surface area contributed by atoms with Gasteiger partial charge in [0.15, 0.2) is 0 Å². The predicted octanol–water partition coefficient (Wildman–Crippen LogP) is 3.13. The molecule has 0 unspecified atom stereocenters. The molecule has 0 aliphatic carbocycles. The molecule has 1 fully saturated rings. The van der Waals surface area contributed by atoms with E-state index in [2.05, 4.69) is 10.1 Å². The normalized spacial score (nSPS) is 15.8. The summed E-state index contributed by atoms with van der Waals surface area (Å²) in [4.78, 5) is 11.1. The summed E-state index contributed by atoms with van der Waals surface area (Å²) in [7, 11) is 0.265. The molecule has 0 saturated carbocycles. The van der Waals surface area contributed by atoms with Crippen LogP contribution < -0.4 is 13.9 Å². The fourth-order valence-electron chi connectivity index (χ4n) is 3.45. The van der Waals surface area contributed by atoms with E-state index in [-0.39, 0.29) is 0 Å². The Morgan fingerprint density at radius 3 is 2.64 bits per heavy atom. The summed E-state index contributed by atoms with van der Waals surface area (Å²) in [5.74, 6) is 1.53. The number of rotatable bonds is 12. The van der Waals surface area contributed by atoms with Crippen LogP contribution in [0.1, 0.15) is 31.7 Å². The first-order valence-corrected chi connectivity index (χ1v) is 12.6. The zero-order valence-electron chi connectivity index (χ0n) is 19.6. The van der Waals surface area contributed by atoms with Crippen LogP contribution in [0.5, 0.6) is 5.75 Å². The van der Waals surface area contributed by atoms with Crippen molar-refractivity contribution in [2.45, 2.75) is 26.2 Å². The van der Waals surface area contributed by atoms with Crippen LogP contribution >= 0.6 is 0 Å². The molecule has 180 valence electrons. The number of nitrogens with zero attached hydrogens (tertiary/aromatic N) is 5. The minimum Gasteiger partial charge on any atom is -0.494 e. The fourth-order valence-corrected chi connectivity index (χ4v) is 5.09. The highest BCUT2D eigenvalue weighted by molar-refractivity contribution is 7.90. The first kappa shape index (κ1) is 24.8. The highest BCUT2D eigenvalue weighted by Gasteiger charge is 2.36. The van der Waals surface area contributed by atoms with Crippen molar-refractivity contribution in [1.29, 1.82) is 0 Å². The van der Waals surface area contributed by atoms with Gasteiger partial charge in [-0.3, -0.25) is 4.31 Å². The van der Waals surface area contributed by atoms with E-state index in [9.17, 15) is 8.42 Å². The standard InChI is InChI=1S/C23H33N5O4S/c1-4-32-25-19-20-8-10-22(11-9-20)31-17-7-5-6-14-27-15-16-28(33(27,29)30)21-12-13-24-23(18-21)26(2)3/h8-13,18-19H,4-7,14-17H2,1-3H3/b25-19+. The maximum atomic E-state index is 13.0. The summed E-state index contributed by atoms with van der Waals surface area (Å²) in [6.07, 6.45) is 5.86. The molecular formula is C23H33N5O4S. The van der Waals surface area contributed by atoms with E-state index in [0.717, 1.165) is 36.4 Å². The number of hydrogen-bond acceptors (Lipinski definition) is 7. The molecule has 1 aromatic carbocycles. The van der Waals surface area contributed by atoms with E-state index in [0.29, 0.717) is 38.5 Å². The molecule has 0 N–H and O–H groups in total. The molecule has 2 aromatic rings. The maximum Gasteiger partial charge on any atom is 0.304 e. The van der Waals surface area contributed by atoms with Gasteiger partial charge >= 0.3 is 10.2 Å². The van der Waals surface area contributed by atoms with Crippen molar-refractivity contribution in [3.63, 3.8) is 0 Å². The molecular weight excluding hydrogens is 442 g/mol. The van der Waals surface area contributed by atoms with E-state index in [1.807, 2.05) is 50.2 Å². The van der Waals surface area contributed by atoms with Gasteiger partial charge in [-0.05, 0) is 62.1 Å². The summed E-state index contributed by atoms with van der Waals surface area (Å²) in [6, 6.07) is 11.2. The summed E-state index contributed by atoms with van der Waals surface area (Å²) >= 11 is 0. The smallest absolute Gasteiger partial charge is 0.304 e. The molecule has 1 saturated heterocycles. The lowest BCUT2D eigenvalue weighted by molar-refractivity contribution is 0.160. The number of unbranched alkanes of at least 4 members (excludes halogenated alkanes) is 2. The monoisotopic (exact) mass is 475 g/mol. The van der Waals surface area contributed by atoms with Gasteiger partial charge in [0.25, 0.3) is 0 Å². The van der Waals surface area contributed by atoms with E-state index >= 15 is 0 Å². The number of aromatic nitrogens is 1. The molecule has 3 rings (SSSR count). The van der Waals surface area contributed by atoms with Crippen molar-refractivity contribution >= 4 is 27.9 Å². The van der Waals surface area contributed by atoms with Gasteiger partial charge in [0.1, 0.15) is 18.2 Å². The van der Waals surface area contributed by atoms with Crippen molar-refractivity contribution in [2.24, 2.45) is 5.16 Å². The Labute approximate surface area is 196 Å². The summed E-state index contributed by atoms with van der Waals surface area (Å²) < 4.78 is 34.7. The van der Waals surface area contributed by atoms with Crippen LogP contribution in [0.3, 0.4) is 0 Å². The van der Waals surface area contributed by atoms with E-state index < -0.39 is 10.2 Å². The number of anilines is 2. The Bertz CT molecular complexity index is 1010. The lowest BCUT2D eigenvalue weighted by atomic mass is 10.2. The minimum atomic E-state index is -3.50. The first-order valence-electron chi connectivity index (χ1n) is 11.2. The molecule has 9 nitrogen and oxygen atoms in total. The van der Waals surface area contributed by atoms with E-state index in [1.165, 1.54) is 4.31 Å². The topological polar surface area (TPSA) is 87.6 Å².